The van der Waals surface area contributed by atoms with Gasteiger partial charge in [0.15, 0.2) is 0 Å². The molecule has 0 bridgehead atoms. The van der Waals surface area contributed by atoms with E-state index in [1.54, 1.807) is 18.2 Å². The molecule has 4 heteroatoms. The molecule has 0 heterocycles. The highest BCUT2D eigenvalue weighted by molar-refractivity contribution is 6.30. The summed E-state index contributed by atoms with van der Waals surface area (Å²) in [4.78, 5) is 0. The molecule has 92 valence electrons. The number of aliphatic hydroxyl groups excluding tert-OH is 1. The van der Waals surface area contributed by atoms with Crippen molar-refractivity contribution in [3.63, 3.8) is 0 Å². The lowest BCUT2D eigenvalue weighted by molar-refractivity contribution is 0.149. The molecule has 0 amide bonds. The Kier molecular flexibility index (Phi) is 5.27. The zero-order valence-electron chi connectivity index (χ0n) is 9.98. The first-order chi connectivity index (χ1) is 8.13. The molecule has 0 aromatic heterocycles. The molecule has 0 aliphatic carbocycles. The largest absolute Gasteiger partial charge is 0.496 e. The highest BCUT2D eigenvalue weighted by Gasteiger charge is 2.23. The second kappa shape index (κ2) is 6.48. The normalized spacial score (nSPS) is 13.8. The Morgan fingerprint density at radius 2 is 2.24 bits per heavy atom. The monoisotopic (exact) mass is 253 g/mol. The molecule has 1 aromatic carbocycles. The topological polar surface area (TPSA) is 53.2 Å². The Bertz CT molecular complexity index is 414. The van der Waals surface area contributed by atoms with Gasteiger partial charge in [-0.05, 0) is 24.6 Å². The van der Waals surface area contributed by atoms with Gasteiger partial charge in [-0.2, -0.15) is 5.26 Å². The number of ether oxygens (including phenoxy) is 1. The van der Waals surface area contributed by atoms with E-state index in [9.17, 15) is 10.4 Å². The maximum atomic E-state index is 9.95. The summed E-state index contributed by atoms with van der Waals surface area (Å²) in [5.74, 6) is -0.0281. The van der Waals surface area contributed by atoms with Gasteiger partial charge in [-0.25, -0.2) is 0 Å². The summed E-state index contributed by atoms with van der Waals surface area (Å²) in [6, 6.07) is 7.20. The van der Waals surface area contributed by atoms with E-state index in [1.807, 2.05) is 6.92 Å². The third-order valence-corrected chi connectivity index (χ3v) is 2.87. The maximum Gasteiger partial charge on any atom is 0.123 e. The number of halogens is 1. The molecule has 3 nitrogen and oxygen atoms in total. The minimum atomic E-state index is -0.697. The van der Waals surface area contributed by atoms with Crippen LogP contribution in [-0.4, -0.2) is 18.3 Å². The van der Waals surface area contributed by atoms with Crippen LogP contribution >= 0.6 is 11.6 Å². The van der Waals surface area contributed by atoms with Crippen molar-refractivity contribution in [1.82, 2.24) is 0 Å². The number of benzene rings is 1. The van der Waals surface area contributed by atoms with Gasteiger partial charge in [0.25, 0.3) is 0 Å². The summed E-state index contributed by atoms with van der Waals surface area (Å²) in [5.41, 5.74) is 0.642. The standard InChI is InChI=1S/C13H16ClNO2/c1-3-4-12(16)11(8-15)10-7-9(14)5-6-13(10)17-2/h5-7,11-12,16H,3-4H2,1-2H3. The number of methoxy groups -OCH3 is 1. The highest BCUT2D eigenvalue weighted by atomic mass is 35.5. The molecule has 0 aliphatic heterocycles. The summed E-state index contributed by atoms with van der Waals surface area (Å²) >= 11 is 5.91. The first-order valence-electron chi connectivity index (χ1n) is 5.55. The van der Waals surface area contributed by atoms with Crippen LogP contribution in [0.3, 0.4) is 0 Å². The lowest BCUT2D eigenvalue weighted by Crippen LogP contribution is -2.17. The predicted octanol–water partition coefficient (Wildman–Crippen LogP) is 3.12. The van der Waals surface area contributed by atoms with Crippen LogP contribution in [0, 0.1) is 11.3 Å². The quantitative estimate of drug-likeness (QED) is 0.877. The molecular weight excluding hydrogens is 238 g/mol. The molecule has 0 saturated carbocycles. The van der Waals surface area contributed by atoms with Gasteiger partial charge in [0.2, 0.25) is 0 Å². The van der Waals surface area contributed by atoms with Gasteiger partial charge in [-0.15, -0.1) is 0 Å². The van der Waals surface area contributed by atoms with Gasteiger partial charge in [-0.1, -0.05) is 24.9 Å². The van der Waals surface area contributed by atoms with Crippen LogP contribution in [0.25, 0.3) is 0 Å². The molecule has 17 heavy (non-hydrogen) atoms. The Morgan fingerprint density at radius 1 is 1.53 bits per heavy atom. The van der Waals surface area contributed by atoms with Gasteiger partial charge >= 0.3 is 0 Å². The summed E-state index contributed by atoms with van der Waals surface area (Å²) < 4.78 is 5.19. The number of rotatable bonds is 5. The van der Waals surface area contributed by atoms with Gasteiger partial charge in [0.05, 0.1) is 19.3 Å². The Morgan fingerprint density at radius 3 is 2.76 bits per heavy atom. The van der Waals surface area contributed by atoms with Crippen molar-refractivity contribution in [1.29, 1.82) is 5.26 Å². The molecule has 0 fully saturated rings. The number of hydrogen-bond donors (Lipinski definition) is 1. The SMILES string of the molecule is CCCC(O)C(C#N)c1cc(Cl)ccc1OC. The van der Waals surface area contributed by atoms with E-state index in [-0.39, 0.29) is 0 Å². The van der Waals surface area contributed by atoms with E-state index in [4.69, 9.17) is 16.3 Å². The predicted molar refractivity (Wildman–Crippen MR) is 67.3 cm³/mol. The first kappa shape index (κ1) is 13.8. The maximum absolute atomic E-state index is 9.95. The third kappa shape index (κ3) is 3.36. The minimum absolute atomic E-state index is 0.532. The van der Waals surface area contributed by atoms with Gasteiger partial charge < -0.3 is 9.84 Å². The van der Waals surface area contributed by atoms with Crippen LogP contribution in [0.15, 0.2) is 18.2 Å². The van der Waals surface area contributed by atoms with Crippen molar-refractivity contribution in [2.75, 3.05) is 7.11 Å². The molecule has 1 rings (SSSR count). The van der Waals surface area contributed by atoms with Gasteiger partial charge in [0, 0.05) is 10.6 Å². The van der Waals surface area contributed by atoms with E-state index in [0.29, 0.717) is 22.8 Å². The fraction of sp³-hybridized carbons (Fsp3) is 0.462. The third-order valence-electron chi connectivity index (χ3n) is 2.64. The van der Waals surface area contributed by atoms with Gasteiger partial charge in [-0.3, -0.25) is 0 Å². The van der Waals surface area contributed by atoms with Crippen LogP contribution in [0.5, 0.6) is 5.75 Å². The molecule has 2 atom stereocenters. The summed E-state index contributed by atoms with van der Waals surface area (Å²) in [5, 5.41) is 19.7. The molecule has 0 saturated heterocycles. The lowest BCUT2D eigenvalue weighted by Gasteiger charge is -2.18. The van der Waals surface area contributed by atoms with Crippen LogP contribution in [0.1, 0.15) is 31.2 Å². The van der Waals surface area contributed by atoms with Crippen LogP contribution < -0.4 is 4.74 Å². The van der Waals surface area contributed by atoms with Crippen molar-refractivity contribution < 1.29 is 9.84 Å². The van der Waals surface area contributed by atoms with Crippen LogP contribution in [-0.2, 0) is 0 Å². The summed E-state index contributed by atoms with van der Waals surface area (Å²) in [6.45, 7) is 1.97. The number of aliphatic hydroxyl groups is 1. The fourth-order valence-electron chi connectivity index (χ4n) is 1.77. The minimum Gasteiger partial charge on any atom is -0.496 e. The molecule has 2 unspecified atom stereocenters. The molecule has 0 radical (unpaired) electrons. The Hall–Kier alpha value is -1.24. The molecule has 1 aromatic rings. The Balaban J connectivity index is 3.10. The smallest absolute Gasteiger partial charge is 0.123 e. The van der Waals surface area contributed by atoms with E-state index >= 15 is 0 Å². The average Bonchev–Trinajstić information content (AvgIpc) is 2.31. The summed E-state index contributed by atoms with van der Waals surface area (Å²) in [6.07, 6.45) is 0.702. The molecule has 0 aliphatic rings. The number of nitriles is 1. The second-order valence-corrected chi connectivity index (χ2v) is 4.29. The summed E-state index contributed by atoms with van der Waals surface area (Å²) in [7, 11) is 1.54. The van der Waals surface area contributed by atoms with Crippen molar-refractivity contribution >= 4 is 11.6 Å². The fourth-order valence-corrected chi connectivity index (χ4v) is 1.95. The first-order valence-corrected chi connectivity index (χ1v) is 5.93. The van der Waals surface area contributed by atoms with Crippen molar-refractivity contribution in [2.24, 2.45) is 0 Å². The van der Waals surface area contributed by atoms with E-state index in [2.05, 4.69) is 6.07 Å². The van der Waals surface area contributed by atoms with E-state index in [1.165, 1.54) is 7.11 Å². The molecular formula is C13H16ClNO2. The van der Waals surface area contributed by atoms with Crippen molar-refractivity contribution in [3.8, 4) is 11.8 Å². The van der Waals surface area contributed by atoms with Crippen molar-refractivity contribution in [2.45, 2.75) is 31.8 Å². The zero-order chi connectivity index (χ0) is 12.8. The number of nitrogens with zero attached hydrogens (tertiary/aromatic N) is 1. The second-order valence-electron chi connectivity index (χ2n) is 3.85. The highest BCUT2D eigenvalue weighted by Crippen LogP contribution is 2.32. The number of hydrogen-bond acceptors (Lipinski definition) is 3. The van der Waals surface area contributed by atoms with E-state index < -0.39 is 12.0 Å². The lowest BCUT2D eigenvalue weighted by atomic mass is 9.91. The van der Waals surface area contributed by atoms with Gasteiger partial charge in [0.1, 0.15) is 11.7 Å². The van der Waals surface area contributed by atoms with Crippen molar-refractivity contribution in [3.05, 3.63) is 28.8 Å². The zero-order valence-corrected chi connectivity index (χ0v) is 10.7. The Labute approximate surface area is 107 Å². The van der Waals surface area contributed by atoms with E-state index in [0.717, 1.165) is 6.42 Å². The average molecular weight is 254 g/mol. The van der Waals surface area contributed by atoms with Crippen LogP contribution in [0.4, 0.5) is 0 Å². The van der Waals surface area contributed by atoms with Crippen LogP contribution in [0.2, 0.25) is 5.02 Å². The molecule has 1 N–H and O–H groups in total. The molecule has 0 spiro atoms.